The van der Waals surface area contributed by atoms with Gasteiger partial charge in [-0.3, -0.25) is 4.40 Å². The molecule has 1 atom stereocenters. The van der Waals surface area contributed by atoms with Crippen LogP contribution in [0.5, 0.6) is 0 Å². The second-order valence-corrected chi connectivity index (χ2v) is 8.31. The maximum Gasteiger partial charge on any atom is 0.194 e. The molecule has 0 aromatic carbocycles. The first kappa shape index (κ1) is 19.8. The Morgan fingerprint density at radius 3 is 3.04 bits per heavy atom. The van der Waals surface area contributed by atoms with Gasteiger partial charge >= 0.3 is 0 Å². The summed E-state index contributed by atoms with van der Waals surface area (Å²) in [5.74, 6) is 2.90. The summed E-state index contributed by atoms with van der Waals surface area (Å²) in [4.78, 5) is 12.9. The van der Waals surface area contributed by atoms with E-state index in [2.05, 4.69) is 63.7 Å². The maximum atomic E-state index is 4.83. The SMILES string of the molecule is CCNC(=NCc1cn2ccsc2n1)N1CCSC(C(C)C)C1.I. The first-order chi connectivity index (χ1) is 11.2. The number of guanidine groups is 1. The number of nitrogens with zero attached hydrogens (tertiary/aromatic N) is 4. The van der Waals surface area contributed by atoms with Crippen LogP contribution in [0.25, 0.3) is 4.96 Å². The van der Waals surface area contributed by atoms with Crippen molar-refractivity contribution in [2.75, 3.05) is 25.4 Å². The van der Waals surface area contributed by atoms with Crippen molar-refractivity contribution in [3.05, 3.63) is 23.5 Å². The van der Waals surface area contributed by atoms with E-state index in [0.717, 1.165) is 36.2 Å². The lowest BCUT2D eigenvalue weighted by Gasteiger charge is -2.36. The highest BCUT2D eigenvalue weighted by Gasteiger charge is 2.24. The summed E-state index contributed by atoms with van der Waals surface area (Å²) in [6.07, 6.45) is 4.11. The quantitative estimate of drug-likeness (QED) is 0.414. The van der Waals surface area contributed by atoms with Gasteiger partial charge in [-0.15, -0.1) is 35.3 Å². The molecule has 1 aliphatic heterocycles. The minimum atomic E-state index is 0. The molecule has 1 saturated heterocycles. The normalized spacial score (nSPS) is 18.9. The van der Waals surface area contributed by atoms with Crippen molar-refractivity contribution in [3.63, 3.8) is 0 Å². The van der Waals surface area contributed by atoms with Crippen LogP contribution < -0.4 is 5.32 Å². The number of hydrogen-bond acceptors (Lipinski definition) is 4. The Balaban J connectivity index is 0.00000208. The van der Waals surface area contributed by atoms with E-state index in [0.29, 0.717) is 17.7 Å². The van der Waals surface area contributed by atoms with Crippen LogP contribution in [-0.2, 0) is 6.54 Å². The zero-order valence-electron chi connectivity index (χ0n) is 14.4. The Morgan fingerprint density at radius 1 is 1.50 bits per heavy atom. The molecule has 8 heteroatoms. The Hall–Kier alpha value is -0.480. The largest absolute Gasteiger partial charge is 0.357 e. The summed E-state index contributed by atoms with van der Waals surface area (Å²) >= 11 is 3.75. The van der Waals surface area contributed by atoms with E-state index >= 15 is 0 Å². The van der Waals surface area contributed by atoms with Crippen molar-refractivity contribution >= 4 is 58.0 Å². The third kappa shape index (κ3) is 4.78. The zero-order chi connectivity index (χ0) is 16.2. The lowest BCUT2D eigenvalue weighted by atomic mass is 10.1. The number of aromatic nitrogens is 2. The number of aliphatic imine (C=N–C) groups is 1. The zero-order valence-corrected chi connectivity index (χ0v) is 18.4. The molecule has 1 fully saturated rings. The molecule has 0 amide bonds. The summed E-state index contributed by atoms with van der Waals surface area (Å²) < 4.78 is 2.06. The van der Waals surface area contributed by atoms with Gasteiger partial charge in [0.05, 0.1) is 12.2 Å². The van der Waals surface area contributed by atoms with E-state index < -0.39 is 0 Å². The average molecular weight is 479 g/mol. The predicted octanol–water partition coefficient (Wildman–Crippen LogP) is 3.55. The summed E-state index contributed by atoms with van der Waals surface area (Å²) in [6, 6.07) is 0. The topological polar surface area (TPSA) is 44.9 Å². The molecule has 3 heterocycles. The molecule has 24 heavy (non-hydrogen) atoms. The van der Waals surface area contributed by atoms with Crippen molar-refractivity contribution in [3.8, 4) is 0 Å². The molecule has 134 valence electrons. The van der Waals surface area contributed by atoms with Gasteiger partial charge in [0.1, 0.15) is 0 Å². The number of hydrogen-bond donors (Lipinski definition) is 1. The predicted molar refractivity (Wildman–Crippen MR) is 116 cm³/mol. The highest BCUT2D eigenvalue weighted by Crippen LogP contribution is 2.25. The van der Waals surface area contributed by atoms with Crippen LogP contribution in [0.1, 0.15) is 26.5 Å². The number of thioether (sulfide) groups is 1. The van der Waals surface area contributed by atoms with Gasteiger partial charge < -0.3 is 10.2 Å². The minimum Gasteiger partial charge on any atom is -0.357 e. The highest BCUT2D eigenvalue weighted by atomic mass is 127. The molecule has 2 aromatic rings. The third-order valence-electron chi connectivity index (χ3n) is 4.01. The van der Waals surface area contributed by atoms with Crippen molar-refractivity contribution in [1.29, 1.82) is 0 Å². The monoisotopic (exact) mass is 479 g/mol. The molecular weight excluding hydrogens is 453 g/mol. The third-order valence-corrected chi connectivity index (χ3v) is 6.32. The van der Waals surface area contributed by atoms with E-state index in [1.54, 1.807) is 11.3 Å². The summed E-state index contributed by atoms with van der Waals surface area (Å²) in [6.45, 7) is 10.4. The molecule has 0 saturated carbocycles. The lowest BCUT2D eigenvalue weighted by molar-refractivity contribution is 0.380. The lowest BCUT2D eigenvalue weighted by Crippen LogP contribution is -2.49. The van der Waals surface area contributed by atoms with Crippen LogP contribution in [0.3, 0.4) is 0 Å². The van der Waals surface area contributed by atoms with Crippen molar-refractivity contribution in [1.82, 2.24) is 19.6 Å². The molecule has 3 rings (SSSR count). The minimum absolute atomic E-state index is 0. The standard InChI is InChI=1S/C16H25N5S2.HI/c1-4-17-15(20-5-7-22-14(11-20)12(2)3)18-9-13-10-21-6-8-23-16(21)19-13;/h6,8,10,12,14H,4-5,7,9,11H2,1-3H3,(H,17,18);1H. The van der Waals surface area contributed by atoms with E-state index in [1.807, 2.05) is 6.20 Å². The number of rotatable bonds is 4. The highest BCUT2D eigenvalue weighted by molar-refractivity contribution is 14.0. The molecule has 0 spiro atoms. The van der Waals surface area contributed by atoms with E-state index in [-0.39, 0.29) is 24.0 Å². The first-order valence-corrected chi connectivity index (χ1v) is 10.2. The molecule has 0 bridgehead atoms. The Bertz CT molecular complexity index is 638. The fraction of sp³-hybridized carbons (Fsp3) is 0.625. The summed E-state index contributed by atoms with van der Waals surface area (Å²) in [5.41, 5.74) is 1.03. The second kappa shape index (κ2) is 9.28. The molecule has 5 nitrogen and oxygen atoms in total. The molecule has 0 aliphatic carbocycles. The van der Waals surface area contributed by atoms with Crippen LogP contribution in [-0.4, -0.2) is 50.9 Å². The fourth-order valence-electron chi connectivity index (χ4n) is 2.71. The van der Waals surface area contributed by atoms with Gasteiger partial charge in [0.2, 0.25) is 0 Å². The Labute approximate surface area is 169 Å². The van der Waals surface area contributed by atoms with E-state index in [9.17, 15) is 0 Å². The van der Waals surface area contributed by atoms with Crippen molar-refractivity contribution in [2.24, 2.45) is 10.9 Å². The van der Waals surface area contributed by atoms with Gasteiger partial charge in [-0.05, 0) is 12.8 Å². The Kier molecular flexibility index (Phi) is 7.67. The van der Waals surface area contributed by atoms with Gasteiger partial charge in [0, 0.05) is 48.4 Å². The van der Waals surface area contributed by atoms with E-state index in [4.69, 9.17) is 4.99 Å². The number of fused-ring (bicyclic) bond motifs is 1. The fourth-order valence-corrected chi connectivity index (χ4v) is 4.72. The van der Waals surface area contributed by atoms with Gasteiger partial charge in [-0.25, -0.2) is 9.98 Å². The molecule has 1 unspecified atom stereocenters. The van der Waals surface area contributed by atoms with Crippen LogP contribution in [0.4, 0.5) is 0 Å². The summed E-state index contributed by atoms with van der Waals surface area (Å²) in [5, 5.41) is 6.18. The van der Waals surface area contributed by atoms with E-state index in [1.165, 1.54) is 5.75 Å². The van der Waals surface area contributed by atoms with Gasteiger partial charge in [-0.2, -0.15) is 11.8 Å². The van der Waals surface area contributed by atoms with Gasteiger partial charge in [0.15, 0.2) is 10.9 Å². The number of thiazole rings is 1. The number of nitrogens with one attached hydrogen (secondary N) is 1. The van der Waals surface area contributed by atoms with Gasteiger partial charge in [0.25, 0.3) is 0 Å². The molecule has 0 radical (unpaired) electrons. The van der Waals surface area contributed by atoms with Crippen molar-refractivity contribution < 1.29 is 0 Å². The van der Waals surface area contributed by atoms with Crippen LogP contribution in [0.15, 0.2) is 22.8 Å². The molecule has 2 aromatic heterocycles. The summed E-state index contributed by atoms with van der Waals surface area (Å²) in [7, 11) is 0. The number of imidazole rings is 1. The second-order valence-electron chi connectivity index (χ2n) is 6.09. The number of halogens is 1. The first-order valence-electron chi connectivity index (χ1n) is 8.23. The Morgan fingerprint density at radius 2 is 2.33 bits per heavy atom. The van der Waals surface area contributed by atoms with Crippen LogP contribution >= 0.6 is 47.1 Å². The molecule has 1 N–H and O–H groups in total. The van der Waals surface area contributed by atoms with Crippen LogP contribution in [0.2, 0.25) is 0 Å². The molecular formula is C16H26IN5S2. The van der Waals surface area contributed by atoms with Crippen molar-refractivity contribution in [2.45, 2.75) is 32.6 Å². The van der Waals surface area contributed by atoms with Crippen LogP contribution in [0, 0.1) is 5.92 Å². The maximum absolute atomic E-state index is 4.83. The average Bonchev–Trinajstić information content (AvgIpc) is 3.12. The molecule has 1 aliphatic rings. The van der Waals surface area contributed by atoms with Gasteiger partial charge in [-0.1, -0.05) is 13.8 Å². The smallest absolute Gasteiger partial charge is 0.194 e.